The van der Waals surface area contributed by atoms with Crippen LogP contribution in [0.1, 0.15) is 46.1 Å². The molecular weight excluding hydrogens is 264 g/mol. The Morgan fingerprint density at radius 1 is 1.19 bits per heavy atom. The molecule has 0 bridgehead atoms. The van der Waals surface area contributed by atoms with Crippen LogP contribution < -0.4 is 15.8 Å². The normalized spacial score (nSPS) is 13.8. The molecule has 0 aromatic heterocycles. The molecule has 3 N–H and O–H groups in total. The molecule has 1 aromatic rings. The summed E-state index contributed by atoms with van der Waals surface area (Å²) < 4.78 is 5.68. The molecule has 0 aliphatic heterocycles. The van der Waals surface area contributed by atoms with Gasteiger partial charge in [-0.25, -0.2) is 0 Å². The van der Waals surface area contributed by atoms with E-state index in [1.165, 1.54) is 5.56 Å². The second-order valence-corrected chi connectivity index (χ2v) is 5.61. The van der Waals surface area contributed by atoms with Gasteiger partial charge in [0.15, 0.2) is 6.10 Å². The summed E-state index contributed by atoms with van der Waals surface area (Å²) in [6, 6.07) is 8.12. The number of hydrogen-bond donors (Lipinski definition) is 2. The SMILES string of the molecule is CCC(CC)NC(=O)C(C)Oc1ccc(CC(C)N)cc1. The predicted molar refractivity (Wildman–Crippen MR) is 86.4 cm³/mol. The minimum atomic E-state index is -0.495. The third-order valence-electron chi connectivity index (χ3n) is 3.50. The largest absolute Gasteiger partial charge is 0.481 e. The number of amides is 1. The van der Waals surface area contributed by atoms with E-state index in [1.54, 1.807) is 6.92 Å². The van der Waals surface area contributed by atoms with Crippen molar-refractivity contribution >= 4 is 5.91 Å². The molecule has 118 valence electrons. The average molecular weight is 292 g/mol. The molecule has 0 saturated heterocycles. The van der Waals surface area contributed by atoms with Crippen LogP contribution in [0, 0.1) is 0 Å². The van der Waals surface area contributed by atoms with Crippen LogP contribution in [0.4, 0.5) is 0 Å². The lowest BCUT2D eigenvalue weighted by Crippen LogP contribution is -2.42. The third-order valence-corrected chi connectivity index (χ3v) is 3.50. The molecule has 0 saturated carbocycles. The van der Waals surface area contributed by atoms with Crippen LogP contribution in [0.3, 0.4) is 0 Å². The Bertz CT molecular complexity index is 425. The summed E-state index contributed by atoms with van der Waals surface area (Å²) >= 11 is 0. The number of hydrogen-bond acceptors (Lipinski definition) is 3. The van der Waals surface area contributed by atoms with Gasteiger partial charge in [0.2, 0.25) is 0 Å². The molecule has 2 unspecified atom stereocenters. The maximum absolute atomic E-state index is 12.0. The van der Waals surface area contributed by atoms with Gasteiger partial charge in [-0.15, -0.1) is 0 Å². The fourth-order valence-corrected chi connectivity index (χ4v) is 2.14. The quantitative estimate of drug-likeness (QED) is 0.774. The Morgan fingerprint density at radius 3 is 2.24 bits per heavy atom. The summed E-state index contributed by atoms with van der Waals surface area (Å²) in [5.74, 6) is 0.638. The molecule has 1 aromatic carbocycles. The van der Waals surface area contributed by atoms with Crippen LogP contribution in [0.5, 0.6) is 5.75 Å². The van der Waals surface area contributed by atoms with E-state index in [1.807, 2.05) is 31.2 Å². The standard InChI is InChI=1S/C17H28N2O2/c1-5-15(6-2)19-17(20)13(4)21-16-9-7-14(8-10-16)11-12(3)18/h7-10,12-13,15H,5-6,11,18H2,1-4H3,(H,19,20). The topological polar surface area (TPSA) is 64.3 Å². The fourth-order valence-electron chi connectivity index (χ4n) is 2.14. The van der Waals surface area contributed by atoms with Crippen LogP contribution in [0.15, 0.2) is 24.3 Å². The van der Waals surface area contributed by atoms with Crippen molar-refractivity contribution < 1.29 is 9.53 Å². The minimum Gasteiger partial charge on any atom is -0.481 e. The molecular formula is C17H28N2O2. The van der Waals surface area contributed by atoms with Crippen LogP contribution in [0.2, 0.25) is 0 Å². The molecule has 0 heterocycles. The zero-order valence-electron chi connectivity index (χ0n) is 13.6. The molecule has 1 rings (SSSR count). The summed E-state index contributed by atoms with van der Waals surface area (Å²) in [6.45, 7) is 7.89. The molecule has 0 spiro atoms. The van der Waals surface area contributed by atoms with Gasteiger partial charge in [0.05, 0.1) is 0 Å². The Morgan fingerprint density at radius 2 is 1.76 bits per heavy atom. The van der Waals surface area contributed by atoms with E-state index in [0.29, 0.717) is 5.75 Å². The van der Waals surface area contributed by atoms with Crippen LogP contribution in [0.25, 0.3) is 0 Å². The van der Waals surface area contributed by atoms with Crippen LogP contribution in [-0.4, -0.2) is 24.1 Å². The van der Waals surface area contributed by atoms with Gasteiger partial charge in [0.1, 0.15) is 5.75 Å². The number of nitrogens with one attached hydrogen (secondary N) is 1. The molecule has 2 atom stereocenters. The molecule has 4 nitrogen and oxygen atoms in total. The van der Waals surface area contributed by atoms with Gasteiger partial charge in [0, 0.05) is 12.1 Å². The lowest BCUT2D eigenvalue weighted by molar-refractivity contribution is -0.128. The molecule has 1 amide bonds. The summed E-state index contributed by atoms with van der Waals surface area (Å²) in [7, 11) is 0. The van der Waals surface area contributed by atoms with Crippen LogP contribution >= 0.6 is 0 Å². The highest BCUT2D eigenvalue weighted by Crippen LogP contribution is 2.15. The summed E-state index contributed by atoms with van der Waals surface area (Å²) in [5.41, 5.74) is 6.94. The van der Waals surface area contributed by atoms with Gasteiger partial charge >= 0.3 is 0 Å². The van der Waals surface area contributed by atoms with Gasteiger partial charge in [-0.1, -0.05) is 26.0 Å². The minimum absolute atomic E-state index is 0.0663. The van der Waals surface area contributed by atoms with Crippen molar-refractivity contribution in [3.05, 3.63) is 29.8 Å². The first-order valence-electron chi connectivity index (χ1n) is 7.77. The smallest absolute Gasteiger partial charge is 0.260 e. The molecule has 21 heavy (non-hydrogen) atoms. The van der Waals surface area contributed by atoms with Gasteiger partial charge < -0.3 is 15.8 Å². The van der Waals surface area contributed by atoms with E-state index in [0.717, 1.165) is 19.3 Å². The number of carbonyl (C=O) groups is 1. The number of ether oxygens (including phenoxy) is 1. The summed E-state index contributed by atoms with van der Waals surface area (Å²) in [5, 5.41) is 2.99. The Hall–Kier alpha value is -1.55. The lowest BCUT2D eigenvalue weighted by atomic mass is 10.1. The third kappa shape index (κ3) is 6.17. The second-order valence-electron chi connectivity index (χ2n) is 5.61. The first kappa shape index (κ1) is 17.5. The first-order valence-corrected chi connectivity index (χ1v) is 7.77. The maximum atomic E-state index is 12.0. The highest BCUT2D eigenvalue weighted by atomic mass is 16.5. The predicted octanol–water partition coefficient (Wildman–Crippen LogP) is 2.65. The first-order chi connectivity index (χ1) is 9.96. The van der Waals surface area contributed by atoms with Gasteiger partial charge in [-0.3, -0.25) is 4.79 Å². The Balaban J connectivity index is 2.53. The van der Waals surface area contributed by atoms with E-state index in [-0.39, 0.29) is 18.0 Å². The van der Waals surface area contributed by atoms with Crippen molar-refractivity contribution in [2.75, 3.05) is 0 Å². The van der Waals surface area contributed by atoms with Crippen molar-refractivity contribution in [1.29, 1.82) is 0 Å². The number of rotatable bonds is 8. The molecule has 4 heteroatoms. The van der Waals surface area contributed by atoms with Gasteiger partial charge in [-0.05, 0) is 50.8 Å². The highest BCUT2D eigenvalue weighted by Gasteiger charge is 2.17. The van der Waals surface area contributed by atoms with Gasteiger partial charge in [-0.2, -0.15) is 0 Å². The van der Waals surface area contributed by atoms with Crippen molar-refractivity contribution in [2.45, 2.75) is 65.1 Å². The number of carbonyl (C=O) groups excluding carboxylic acids is 1. The maximum Gasteiger partial charge on any atom is 0.260 e. The Kier molecular flexibility index (Phi) is 7.23. The molecule has 0 fully saturated rings. The number of nitrogens with two attached hydrogens (primary N) is 1. The lowest BCUT2D eigenvalue weighted by Gasteiger charge is -2.19. The molecule has 0 aliphatic rings. The monoisotopic (exact) mass is 292 g/mol. The molecule has 0 radical (unpaired) electrons. The second kappa shape index (κ2) is 8.67. The van der Waals surface area contributed by atoms with Crippen molar-refractivity contribution in [2.24, 2.45) is 5.73 Å². The van der Waals surface area contributed by atoms with E-state index in [2.05, 4.69) is 19.2 Å². The fraction of sp³-hybridized carbons (Fsp3) is 0.588. The van der Waals surface area contributed by atoms with E-state index >= 15 is 0 Å². The Labute approximate surface area is 128 Å². The van der Waals surface area contributed by atoms with E-state index in [9.17, 15) is 4.79 Å². The van der Waals surface area contributed by atoms with E-state index in [4.69, 9.17) is 10.5 Å². The summed E-state index contributed by atoms with van der Waals surface area (Å²) in [4.78, 5) is 12.0. The van der Waals surface area contributed by atoms with Crippen LogP contribution in [-0.2, 0) is 11.2 Å². The molecule has 0 aliphatic carbocycles. The van der Waals surface area contributed by atoms with Crippen molar-refractivity contribution in [3.8, 4) is 5.75 Å². The van der Waals surface area contributed by atoms with Gasteiger partial charge in [0.25, 0.3) is 5.91 Å². The van der Waals surface area contributed by atoms with Crippen molar-refractivity contribution in [3.63, 3.8) is 0 Å². The zero-order valence-corrected chi connectivity index (χ0v) is 13.6. The number of benzene rings is 1. The van der Waals surface area contributed by atoms with E-state index < -0.39 is 6.10 Å². The summed E-state index contributed by atoms with van der Waals surface area (Å²) in [6.07, 6.45) is 2.21. The average Bonchev–Trinajstić information content (AvgIpc) is 2.45. The zero-order chi connectivity index (χ0) is 15.8. The van der Waals surface area contributed by atoms with Crippen molar-refractivity contribution in [1.82, 2.24) is 5.32 Å². The highest BCUT2D eigenvalue weighted by molar-refractivity contribution is 5.81.